The summed E-state index contributed by atoms with van der Waals surface area (Å²) in [5.41, 5.74) is 1.47. The summed E-state index contributed by atoms with van der Waals surface area (Å²) in [5, 5.41) is 0. The second kappa shape index (κ2) is 8.14. The van der Waals surface area contributed by atoms with Crippen molar-refractivity contribution in [2.45, 2.75) is 38.6 Å². The lowest BCUT2D eigenvalue weighted by atomic mass is 9.94. The van der Waals surface area contributed by atoms with Crippen LogP contribution in [0.5, 0.6) is 0 Å². The number of piperidine rings is 1. The number of rotatable bonds is 7. The average Bonchev–Trinajstić information content (AvgIpc) is 3.08. The maximum Gasteiger partial charge on any atom is 0.0945 e. The Balaban J connectivity index is 1.37. The molecule has 1 atom stereocenters. The Bertz CT molecular complexity index is 521. The van der Waals surface area contributed by atoms with Gasteiger partial charge in [-0.15, -0.1) is 0 Å². The Kier molecular flexibility index (Phi) is 5.66. The van der Waals surface area contributed by atoms with Gasteiger partial charge in [-0.2, -0.15) is 0 Å². The highest BCUT2D eigenvalue weighted by Crippen LogP contribution is 2.20. The lowest BCUT2D eigenvalue weighted by Crippen LogP contribution is -2.36. The molecule has 3 heteroatoms. The van der Waals surface area contributed by atoms with Crippen LogP contribution in [0.15, 0.2) is 49.1 Å². The number of likely N-dealkylation sites (tertiary alicyclic amines) is 1. The van der Waals surface area contributed by atoms with E-state index in [-0.39, 0.29) is 0 Å². The van der Waals surface area contributed by atoms with Gasteiger partial charge in [-0.1, -0.05) is 30.3 Å². The van der Waals surface area contributed by atoms with E-state index < -0.39 is 0 Å². The van der Waals surface area contributed by atoms with Crippen molar-refractivity contribution in [3.8, 4) is 0 Å². The third-order valence-electron chi connectivity index (χ3n) is 4.74. The van der Waals surface area contributed by atoms with Crippen molar-refractivity contribution < 1.29 is 0 Å². The van der Waals surface area contributed by atoms with E-state index in [2.05, 4.69) is 51.0 Å². The fraction of sp³-hybridized carbons (Fsp3) is 0.526. The Hall–Kier alpha value is -1.61. The molecular formula is C19H27N3. The maximum absolute atomic E-state index is 4.12. The van der Waals surface area contributed by atoms with Gasteiger partial charge < -0.3 is 9.47 Å². The lowest BCUT2D eigenvalue weighted by Gasteiger charge is -2.32. The maximum atomic E-state index is 4.12. The Morgan fingerprint density at radius 1 is 1.14 bits per heavy atom. The van der Waals surface area contributed by atoms with Gasteiger partial charge in [0.2, 0.25) is 0 Å². The lowest BCUT2D eigenvalue weighted by molar-refractivity contribution is 0.164. The van der Waals surface area contributed by atoms with Gasteiger partial charge in [-0.25, -0.2) is 4.98 Å². The predicted molar refractivity (Wildman–Crippen MR) is 90.8 cm³/mol. The number of aromatic nitrogens is 2. The Labute approximate surface area is 134 Å². The molecule has 0 saturated carbocycles. The molecule has 0 radical (unpaired) electrons. The van der Waals surface area contributed by atoms with E-state index in [0.717, 1.165) is 12.5 Å². The first kappa shape index (κ1) is 15.3. The summed E-state index contributed by atoms with van der Waals surface area (Å²) in [7, 11) is 0. The van der Waals surface area contributed by atoms with Gasteiger partial charge in [0.15, 0.2) is 0 Å². The highest BCUT2D eigenvalue weighted by Gasteiger charge is 2.19. The van der Waals surface area contributed by atoms with Crippen molar-refractivity contribution in [2.75, 3.05) is 19.6 Å². The van der Waals surface area contributed by atoms with E-state index in [4.69, 9.17) is 0 Å². The zero-order valence-corrected chi connectivity index (χ0v) is 13.4. The van der Waals surface area contributed by atoms with Gasteiger partial charge in [0.25, 0.3) is 0 Å². The molecule has 0 amide bonds. The van der Waals surface area contributed by atoms with Crippen molar-refractivity contribution in [2.24, 2.45) is 5.92 Å². The number of nitrogens with zero attached hydrogens (tertiary/aromatic N) is 3. The molecule has 0 bridgehead atoms. The molecule has 2 heterocycles. The van der Waals surface area contributed by atoms with Crippen LogP contribution < -0.4 is 0 Å². The fourth-order valence-electron chi connectivity index (χ4n) is 3.49. The van der Waals surface area contributed by atoms with Crippen LogP contribution >= 0.6 is 0 Å². The number of benzene rings is 1. The van der Waals surface area contributed by atoms with Crippen LogP contribution in [0.2, 0.25) is 0 Å². The van der Waals surface area contributed by atoms with E-state index in [9.17, 15) is 0 Å². The molecule has 22 heavy (non-hydrogen) atoms. The standard InChI is InChI=1S/C19H27N3/c1-2-6-18(7-3-1)8-4-12-21-13-5-9-19(16-21)10-14-22-15-11-20-17-22/h1-3,6-7,11,15,17,19H,4-5,8-10,12-14,16H2. The second-order valence-electron chi connectivity index (χ2n) is 6.49. The zero-order valence-electron chi connectivity index (χ0n) is 13.4. The molecule has 0 spiro atoms. The van der Waals surface area contributed by atoms with Crippen LogP contribution in [0.1, 0.15) is 31.2 Å². The summed E-state index contributed by atoms with van der Waals surface area (Å²) >= 11 is 0. The van der Waals surface area contributed by atoms with Crippen molar-refractivity contribution in [1.29, 1.82) is 0 Å². The molecule has 0 N–H and O–H groups in total. The normalized spacial score (nSPS) is 19.4. The quantitative estimate of drug-likeness (QED) is 0.778. The van der Waals surface area contributed by atoms with Crippen molar-refractivity contribution in [3.05, 3.63) is 54.6 Å². The molecule has 2 aromatic rings. The van der Waals surface area contributed by atoms with Gasteiger partial charge >= 0.3 is 0 Å². The van der Waals surface area contributed by atoms with Gasteiger partial charge in [0.05, 0.1) is 6.33 Å². The SMILES string of the molecule is c1ccc(CCCN2CCCC(CCn3ccnc3)C2)cc1. The van der Waals surface area contributed by atoms with Crippen molar-refractivity contribution >= 4 is 0 Å². The van der Waals surface area contributed by atoms with E-state index in [0.29, 0.717) is 0 Å². The molecule has 1 saturated heterocycles. The molecule has 0 aliphatic carbocycles. The largest absolute Gasteiger partial charge is 0.337 e. The number of imidazole rings is 1. The van der Waals surface area contributed by atoms with Gasteiger partial charge in [-0.3, -0.25) is 0 Å². The first-order valence-electron chi connectivity index (χ1n) is 8.62. The number of hydrogen-bond acceptors (Lipinski definition) is 2. The van der Waals surface area contributed by atoms with Crippen LogP contribution in [-0.2, 0) is 13.0 Å². The first-order valence-corrected chi connectivity index (χ1v) is 8.62. The third-order valence-corrected chi connectivity index (χ3v) is 4.74. The minimum Gasteiger partial charge on any atom is -0.337 e. The molecule has 3 rings (SSSR count). The van der Waals surface area contributed by atoms with E-state index >= 15 is 0 Å². The summed E-state index contributed by atoms with van der Waals surface area (Å²) in [6.07, 6.45) is 12.4. The van der Waals surface area contributed by atoms with E-state index in [1.54, 1.807) is 0 Å². The van der Waals surface area contributed by atoms with Gasteiger partial charge in [-0.05, 0) is 56.7 Å². The highest BCUT2D eigenvalue weighted by atomic mass is 15.1. The Morgan fingerprint density at radius 2 is 2.05 bits per heavy atom. The molecule has 1 aromatic heterocycles. The summed E-state index contributed by atoms with van der Waals surface area (Å²) < 4.78 is 2.20. The first-order chi connectivity index (χ1) is 10.9. The molecular weight excluding hydrogens is 270 g/mol. The van der Waals surface area contributed by atoms with Crippen LogP contribution in [-0.4, -0.2) is 34.1 Å². The van der Waals surface area contributed by atoms with Gasteiger partial charge in [0, 0.05) is 25.5 Å². The second-order valence-corrected chi connectivity index (χ2v) is 6.49. The summed E-state index contributed by atoms with van der Waals surface area (Å²) in [4.78, 5) is 6.79. The third kappa shape index (κ3) is 4.70. The zero-order chi connectivity index (χ0) is 15.0. The van der Waals surface area contributed by atoms with E-state index in [1.165, 1.54) is 57.3 Å². The fourth-order valence-corrected chi connectivity index (χ4v) is 3.49. The number of aryl methyl sites for hydroxylation is 2. The molecule has 3 nitrogen and oxygen atoms in total. The van der Waals surface area contributed by atoms with E-state index in [1.807, 2.05) is 12.5 Å². The summed E-state index contributed by atoms with van der Waals surface area (Å²) in [5.74, 6) is 0.855. The van der Waals surface area contributed by atoms with Crippen LogP contribution in [0.25, 0.3) is 0 Å². The van der Waals surface area contributed by atoms with Crippen molar-refractivity contribution in [1.82, 2.24) is 14.5 Å². The van der Waals surface area contributed by atoms with Crippen molar-refractivity contribution in [3.63, 3.8) is 0 Å². The molecule has 118 valence electrons. The predicted octanol–water partition coefficient (Wildman–Crippen LogP) is 3.62. The topological polar surface area (TPSA) is 21.1 Å². The monoisotopic (exact) mass is 297 g/mol. The highest BCUT2D eigenvalue weighted by molar-refractivity contribution is 5.14. The molecule has 1 aliphatic rings. The van der Waals surface area contributed by atoms with Crippen LogP contribution in [0.4, 0.5) is 0 Å². The van der Waals surface area contributed by atoms with Crippen LogP contribution in [0.3, 0.4) is 0 Å². The smallest absolute Gasteiger partial charge is 0.0945 e. The Morgan fingerprint density at radius 3 is 2.86 bits per heavy atom. The summed E-state index contributed by atoms with van der Waals surface area (Å²) in [6, 6.07) is 10.9. The molecule has 1 unspecified atom stereocenters. The average molecular weight is 297 g/mol. The summed E-state index contributed by atoms with van der Waals surface area (Å²) in [6.45, 7) is 4.93. The minimum absolute atomic E-state index is 0.855. The minimum atomic E-state index is 0.855. The molecule has 1 fully saturated rings. The van der Waals surface area contributed by atoms with Crippen LogP contribution in [0, 0.1) is 5.92 Å². The molecule has 1 aliphatic heterocycles. The number of hydrogen-bond donors (Lipinski definition) is 0. The molecule has 1 aromatic carbocycles. The van der Waals surface area contributed by atoms with Gasteiger partial charge in [0.1, 0.15) is 0 Å².